The van der Waals surface area contributed by atoms with Crippen molar-refractivity contribution in [1.29, 1.82) is 0 Å². The molecule has 0 aliphatic carbocycles. The molecule has 6 rings (SSSR count). The Bertz CT molecular complexity index is 1780. The highest BCUT2D eigenvalue weighted by molar-refractivity contribution is 7.16. The fourth-order valence-corrected chi connectivity index (χ4v) is 6.20. The summed E-state index contributed by atoms with van der Waals surface area (Å²) in [7, 11) is 4.06. The van der Waals surface area contributed by atoms with Gasteiger partial charge in [-0.05, 0) is 68.5 Å². The molecule has 2 N–H and O–H groups in total. The summed E-state index contributed by atoms with van der Waals surface area (Å²) < 4.78 is 0. The molecule has 2 heterocycles. The number of benzene rings is 4. The SMILES string of the molecule is CC(Nc1nc2c(s1)CCN(C(=O)c1ccc(NC(=O)c3ccccc3-c3ccccc3)cc1)c1ccccc1-2)N(C)C.Cl.Cl. The molecule has 0 fully saturated rings. The number of hydrogen-bond acceptors (Lipinski definition) is 6. The number of carbonyl (C=O) groups is 2. The smallest absolute Gasteiger partial charge is 0.258 e. The minimum absolute atomic E-state index is 0. The summed E-state index contributed by atoms with van der Waals surface area (Å²) in [5.74, 6) is -0.290. The highest BCUT2D eigenvalue weighted by Gasteiger charge is 2.28. The Kier molecular flexibility index (Phi) is 11.0. The molecule has 232 valence electrons. The first-order valence-corrected chi connectivity index (χ1v) is 15.1. The van der Waals surface area contributed by atoms with Crippen molar-refractivity contribution in [2.24, 2.45) is 0 Å². The van der Waals surface area contributed by atoms with Gasteiger partial charge in [0.25, 0.3) is 11.8 Å². The van der Waals surface area contributed by atoms with Crippen LogP contribution in [0.5, 0.6) is 0 Å². The normalized spacial score (nSPS) is 12.5. The first-order chi connectivity index (χ1) is 20.9. The van der Waals surface area contributed by atoms with Gasteiger partial charge < -0.3 is 15.5 Å². The van der Waals surface area contributed by atoms with E-state index in [0.29, 0.717) is 29.8 Å². The molecule has 0 spiro atoms. The molecule has 7 nitrogen and oxygen atoms in total. The van der Waals surface area contributed by atoms with Crippen molar-refractivity contribution in [2.75, 3.05) is 36.2 Å². The molecule has 4 aromatic carbocycles. The van der Waals surface area contributed by atoms with Crippen LogP contribution in [-0.4, -0.2) is 48.5 Å². The number of nitrogens with one attached hydrogen (secondary N) is 2. The van der Waals surface area contributed by atoms with Gasteiger partial charge in [-0.3, -0.25) is 14.5 Å². The first-order valence-electron chi connectivity index (χ1n) is 14.3. The van der Waals surface area contributed by atoms with Crippen molar-refractivity contribution in [1.82, 2.24) is 9.88 Å². The summed E-state index contributed by atoms with van der Waals surface area (Å²) in [5, 5.41) is 7.35. The summed E-state index contributed by atoms with van der Waals surface area (Å²) >= 11 is 1.65. The number of halogens is 2. The van der Waals surface area contributed by atoms with Gasteiger partial charge in [-0.2, -0.15) is 0 Å². The van der Waals surface area contributed by atoms with Crippen LogP contribution in [0, 0.1) is 0 Å². The third-order valence-electron chi connectivity index (χ3n) is 7.71. The minimum Gasteiger partial charge on any atom is -0.346 e. The zero-order valence-electron chi connectivity index (χ0n) is 25.2. The van der Waals surface area contributed by atoms with Crippen LogP contribution in [0.4, 0.5) is 16.5 Å². The van der Waals surface area contributed by atoms with E-state index < -0.39 is 0 Å². The molecule has 5 aromatic rings. The van der Waals surface area contributed by atoms with E-state index in [0.717, 1.165) is 38.1 Å². The molecule has 0 saturated heterocycles. The minimum atomic E-state index is -0.201. The van der Waals surface area contributed by atoms with E-state index in [1.165, 1.54) is 0 Å². The molecular formula is C35H35Cl2N5O2S. The van der Waals surface area contributed by atoms with E-state index in [-0.39, 0.29) is 42.8 Å². The molecule has 0 radical (unpaired) electrons. The molecule has 1 aromatic heterocycles. The van der Waals surface area contributed by atoms with E-state index >= 15 is 0 Å². The number of amides is 2. The summed E-state index contributed by atoms with van der Waals surface area (Å²) in [4.78, 5) is 37.1. The molecule has 10 heteroatoms. The lowest BCUT2D eigenvalue weighted by atomic mass is 9.99. The van der Waals surface area contributed by atoms with Gasteiger partial charge in [0.2, 0.25) is 0 Å². The summed E-state index contributed by atoms with van der Waals surface area (Å²) in [6.45, 7) is 2.64. The molecular weight excluding hydrogens is 625 g/mol. The number of aromatic nitrogens is 1. The standard InChI is InChI=1S/C35H33N5O2S.2ClH/c1-23(39(2)3)36-35-38-32-29-15-9-10-16-30(29)40(22-21-31(32)43-35)34(42)25-17-19-26(20-18-25)37-33(41)28-14-8-7-13-27(28)24-11-5-4-6-12-24;;/h4-20,23H,21-22H2,1-3H3,(H,36,38)(H,37,41);2*1H. The van der Waals surface area contributed by atoms with Crippen molar-refractivity contribution in [3.8, 4) is 22.4 Å². The average molecular weight is 661 g/mol. The van der Waals surface area contributed by atoms with E-state index in [4.69, 9.17) is 4.98 Å². The van der Waals surface area contributed by atoms with Crippen molar-refractivity contribution < 1.29 is 9.59 Å². The summed E-state index contributed by atoms with van der Waals surface area (Å²) in [6, 6.07) is 32.5. The van der Waals surface area contributed by atoms with Crippen molar-refractivity contribution in [2.45, 2.75) is 19.5 Å². The van der Waals surface area contributed by atoms with Gasteiger partial charge in [0.05, 0.1) is 17.5 Å². The lowest BCUT2D eigenvalue weighted by molar-refractivity contribution is 0.0986. The highest BCUT2D eigenvalue weighted by Crippen LogP contribution is 2.40. The topological polar surface area (TPSA) is 77.6 Å². The van der Waals surface area contributed by atoms with Gasteiger partial charge in [0.1, 0.15) is 0 Å². The Morgan fingerprint density at radius 3 is 2.20 bits per heavy atom. The van der Waals surface area contributed by atoms with Crippen LogP contribution in [0.2, 0.25) is 0 Å². The molecule has 45 heavy (non-hydrogen) atoms. The van der Waals surface area contributed by atoms with Crippen LogP contribution in [0.3, 0.4) is 0 Å². The Morgan fingerprint density at radius 2 is 1.49 bits per heavy atom. The van der Waals surface area contributed by atoms with Crippen LogP contribution in [0.25, 0.3) is 22.4 Å². The van der Waals surface area contributed by atoms with Crippen molar-refractivity contribution in [3.05, 3.63) is 119 Å². The molecule has 0 bridgehead atoms. The average Bonchev–Trinajstić information content (AvgIpc) is 3.37. The van der Waals surface area contributed by atoms with E-state index in [1.807, 2.05) is 97.9 Å². The molecule has 0 saturated carbocycles. The van der Waals surface area contributed by atoms with Crippen LogP contribution in [-0.2, 0) is 6.42 Å². The van der Waals surface area contributed by atoms with Crippen LogP contribution < -0.4 is 15.5 Å². The maximum Gasteiger partial charge on any atom is 0.258 e. The molecule has 1 unspecified atom stereocenters. The monoisotopic (exact) mass is 659 g/mol. The van der Waals surface area contributed by atoms with Crippen LogP contribution in [0.1, 0.15) is 32.5 Å². The van der Waals surface area contributed by atoms with Gasteiger partial charge >= 0.3 is 0 Å². The fraction of sp³-hybridized carbons (Fsp3) is 0.171. The zero-order chi connectivity index (χ0) is 29.9. The predicted octanol–water partition coefficient (Wildman–Crippen LogP) is 8.10. The van der Waals surface area contributed by atoms with Crippen molar-refractivity contribution >= 4 is 64.5 Å². The largest absolute Gasteiger partial charge is 0.346 e. The van der Waals surface area contributed by atoms with E-state index in [1.54, 1.807) is 35.6 Å². The second-order valence-corrected chi connectivity index (χ2v) is 11.8. The molecule has 1 aliphatic heterocycles. The maximum atomic E-state index is 13.8. The van der Waals surface area contributed by atoms with Crippen LogP contribution >= 0.6 is 36.2 Å². The summed E-state index contributed by atoms with van der Waals surface area (Å²) in [5.41, 5.74) is 6.34. The third-order valence-corrected chi connectivity index (χ3v) is 8.75. The van der Waals surface area contributed by atoms with Gasteiger partial charge in [0.15, 0.2) is 5.13 Å². The van der Waals surface area contributed by atoms with Gasteiger partial charge in [-0.1, -0.05) is 66.7 Å². The Labute approximate surface area is 280 Å². The number of hydrogen-bond donors (Lipinski definition) is 2. The second-order valence-electron chi connectivity index (χ2n) is 10.7. The lowest BCUT2D eigenvalue weighted by Crippen LogP contribution is -2.32. The fourth-order valence-electron chi connectivity index (χ4n) is 5.16. The Morgan fingerprint density at radius 1 is 0.844 bits per heavy atom. The Balaban J connectivity index is 0.00000230. The second kappa shape index (κ2) is 14.7. The first kappa shape index (κ1) is 33.7. The number of thiazole rings is 1. The van der Waals surface area contributed by atoms with Crippen molar-refractivity contribution in [3.63, 3.8) is 0 Å². The Hall–Kier alpha value is -4.21. The molecule has 2 amide bonds. The van der Waals surface area contributed by atoms with Gasteiger partial charge in [-0.25, -0.2) is 4.98 Å². The summed E-state index contributed by atoms with van der Waals surface area (Å²) in [6.07, 6.45) is 0.856. The zero-order valence-corrected chi connectivity index (χ0v) is 27.6. The number of para-hydroxylation sites is 1. The van der Waals surface area contributed by atoms with E-state index in [9.17, 15) is 9.59 Å². The number of anilines is 3. The number of nitrogens with zero attached hydrogens (tertiary/aromatic N) is 3. The van der Waals surface area contributed by atoms with Gasteiger partial charge in [-0.15, -0.1) is 36.2 Å². The van der Waals surface area contributed by atoms with E-state index in [2.05, 4.69) is 22.5 Å². The lowest BCUT2D eigenvalue weighted by Gasteiger charge is -2.23. The number of fused-ring (bicyclic) bond motifs is 3. The van der Waals surface area contributed by atoms with Crippen LogP contribution in [0.15, 0.2) is 103 Å². The maximum absolute atomic E-state index is 13.8. The number of carbonyl (C=O) groups excluding carboxylic acids is 2. The predicted molar refractivity (Wildman–Crippen MR) is 190 cm³/mol. The molecule has 1 atom stereocenters. The van der Waals surface area contributed by atoms with Gasteiger partial charge in [0, 0.05) is 40.2 Å². The molecule has 1 aliphatic rings. The number of rotatable bonds is 7. The highest BCUT2D eigenvalue weighted by atomic mass is 35.5. The third kappa shape index (κ3) is 7.21. The quantitative estimate of drug-likeness (QED) is 0.173.